The second kappa shape index (κ2) is 7.59. The highest BCUT2D eigenvalue weighted by Crippen LogP contribution is 1.82. The lowest BCUT2D eigenvalue weighted by Crippen LogP contribution is -2.27. The van der Waals surface area contributed by atoms with Crippen LogP contribution in [0.4, 0.5) is 0 Å². The van der Waals surface area contributed by atoms with Gasteiger partial charge in [0.1, 0.15) is 0 Å². The van der Waals surface area contributed by atoms with Gasteiger partial charge in [-0.15, -0.1) is 12.3 Å². The molecule has 0 atom stereocenters. The molecule has 0 aromatic heterocycles. The summed E-state index contributed by atoms with van der Waals surface area (Å²) in [5.41, 5.74) is 0. The first kappa shape index (κ1) is 10.5. The minimum Gasteiger partial charge on any atom is -0.315 e. The van der Waals surface area contributed by atoms with Gasteiger partial charge < -0.3 is 10.2 Å². The highest BCUT2D eigenvalue weighted by atomic mass is 15.1. The molecule has 2 heteroatoms. The number of unbranched alkanes of at least 4 members (excludes halogenated alkanes) is 1. The summed E-state index contributed by atoms with van der Waals surface area (Å²) in [5.74, 6) is 2.62. The van der Waals surface area contributed by atoms with Crippen LogP contribution in [-0.4, -0.2) is 38.6 Å². The van der Waals surface area contributed by atoms with E-state index in [0.29, 0.717) is 0 Å². The molecule has 0 rings (SSSR count). The molecule has 0 heterocycles. The summed E-state index contributed by atoms with van der Waals surface area (Å²) in [5, 5.41) is 3.31. The van der Waals surface area contributed by atoms with Crippen LogP contribution < -0.4 is 5.32 Å². The van der Waals surface area contributed by atoms with Gasteiger partial charge in [0, 0.05) is 19.5 Å². The molecule has 0 amide bonds. The number of nitrogens with zero attached hydrogens (tertiary/aromatic N) is 1. The molecule has 0 saturated carbocycles. The average Bonchev–Trinajstić information content (AvgIpc) is 1.96. The van der Waals surface area contributed by atoms with Gasteiger partial charge in [-0.3, -0.25) is 0 Å². The van der Waals surface area contributed by atoms with Crippen molar-refractivity contribution in [1.82, 2.24) is 10.2 Å². The molecule has 0 aliphatic heterocycles. The molecule has 0 aromatic carbocycles. The molecule has 0 unspecified atom stereocenters. The van der Waals surface area contributed by atoms with Gasteiger partial charge in [-0.05, 0) is 27.1 Å². The highest BCUT2D eigenvalue weighted by Gasteiger charge is 1.88. The first-order valence-electron chi connectivity index (χ1n) is 4.06. The maximum Gasteiger partial charge on any atom is 0.0101 e. The van der Waals surface area contributed by atoms with E-state index in [1.165, 1.54) is 0 Å². The van der Waals surface area contributed by atoms with Crippen molar-refractivity contribution >= 4 is 0 Å². The second-order valence-corrected chi connectivity index (χ2v) is 2.86. The fourth-order valence-electron chi connectivity index (χ4n) is 0.743. The van der Waals surface area contributed by atoms with E-state index in [-0.39, 0.29) is 0 Å². The van der Waals surface area contributed by atoms with Crippen LogP contribution in [-0.2, 0) is 0 Å². The van der Waals surface area contributed by atoms with Crippen molar-refractivity contribution in [1.29, 1.82) is 0 Å². The Balaban J connectivity index is 2.86. The van der Waals surface area contributed by atoms with Gasteiger partial charge in [-0.1, -0.05) is 0 Å². The van der Waals surface area contributed by atoms with Gasteiger partial charge in [0.15, 0.2) is 0 Å². The Kier molecular flexibility index (Phi) is 7.23. The molecule has 2 nitrogen and oxygen atoms in total. The van der Waals surface area contributed by atoms with Crippen LogP contribution in [0.1, 0.15) is 12.8 Å². The quantitative estimate of drug-likeness (QED) is 0.444. The minimum atomic E-state index is 0.884. The SMILES string of the molecule is C#CCCCNCCN(C)C. The molecule has 0 radical (unpaired) electrons. The van der Waals surface area contributed by atoms with Crippen molar-refractivity contribution in [2.24, 2.45) is 0 Å². The molecule has 0 aliphatic rings. The number of rotatable bonds is 6. The molecule has 0 spiro atoms. The van der Waals surface area contributed by atoms with E-state index in [1.54, 1.807) is 0 Å². The summed E-state index contributed by atoms with van der Waals surface area (Å²) in [6, 6.07) is 0. The van der Waals surface area contributed by atoms with Crippen molar-refractivity contribution in [2.45, 2.75) is 12.8 Å². The molecule has 0 aliphatic carbocycles. The predicted molar refractivity (Wildman–Crippen MR) is 49.5 cm³/mol. The Hall–Kier alpha value is -0.520. The molecule has 11 heavy (non-hydrogen) atoms. The van der Waals surface area contributed by atoms with E-state index in [2.05, 4.69) is 30.2 Å². The fourth-order valence-corrected chi connectivity index (χ4v) is 0.743. The Labute approximate surface area is 70.0 Å². The third kappa shape index (κ3) is 9.48. The van der Waals surface area contributed by atoms with Crippen LogP contribution in [0.3, 0.4) is 0 Å². The Morgan fingerprint density at radius 1 is 1.36 bits per heavy atom. The lowest BCUT2D eigenvalue weighted by Gasteiger charge is -2.09. The van der Waals surface area contributed by atoms with Crippen molar-refractivity contribution in [3.63, 3.8) is 0 Å². The Bertz CT molecular complexity index is 113. The molecular weight excluding hydrogens is 136 g/mol. The predicted octanol–water partition coefficient (Wildman–Crippen LogP) is 0.551. The lowest BCUT2D eigenvalue weighted by atomic mass is 10.3. The zero-order valence-corrected chi connectivity index (χ0v) is 7.56. The first-order chi connectivity index (χ1) is 5.27. The van der Waals surface area contributed by atoms with Crippen LogP contribution in [0.15, 0.2) is 0 Å². The lowest BCUT2D eigenvalue weighted by molar-refractivity contribution is 0.400. The summed E-state index contributed by atoms with van der Waals surface area (Å²) < 4.78 is 0. The summed E-state index contributed by atoms with van der Waals surface area (Å²) in [6.45, 7) is 3.19. The number of hydrogen-bond acceptors (Lipinski definition) is 2. The molecule has 0 saturated heterocycles. The molecule has 0 aromatic rings. The normalized spacial score (nSPS) is 10.0. The van der Waals surface area contributed by atoms with E-state index in [0.717, 1.165) is 32.5 Å². The number of likely N-dealkylation sites (N-methyl/N-ethyl adjacent to an activating group) is 1. The second-order valence-electron chi connectivity index (χ2n) is 2.86. The molecular formula is C9H18N2. The summed E-state index contributed by atoms with van der Waals surface area (Å²) >= 11 is 0. The van der Waals surface area contributed by atoms with Gasteiger partial charge >= 0.3 is 0 Å². The third-order valence-corrected chi connectivity index (χ3v) is 1.41. The van der Waals surface area contributed by atoms with Gasteiger partial charge in [-0.25, -0.2) is 0 Å². The first-order valence-corrected chi connectivity index (χ1v) is 4.06. The molecule has 64 valence electrons. The topological polar surface area (TPSA) is 15.3 Å². The average molecular weight is 154 g/mol. The monoisotopic (exact) mass is 154 g/mol. The van der Waals surface area contributed by atoms with E-state index in [4.69, 9.17) is 6.42 Å². The number of hydrogen-bond donors (Lipinski definition) is 1. The van der Waals surface area contributed by atoms with Gasteiger partial charge in [-0.2, -0.15) is 0 Å². The largest absolute Gasteiger partial charge is 0.315 e. The van der Waals surface area contributed by atoms with Gasteiger partial charge in [0.05, 0.1) is 0 Å². The molecule has 0 fully saturated rings. The van der Waals surface area contributed by atoms with E-state index in [9.17, 15) is 0 Å². The molecule has 0 bridgehead atoms. The van der Waals surface area contributed by atoms with E-state index >= 15 is 0 Å². The van der Waals surface area contributed by atoms with Crippen molar-refractivity contribution in [3.8, 4) is 12.3 Å². The third-order valence-electron chi connectivity index (χ3n) is 1.41. The maximum absolute atomic E-state index is 5.11. The number of terminal acetylenes is 1. The van der Waals surface area contributed by atoms with Crippen LogP contribution >= 0.6 is 0 Å². The number of nitrogens with one attached hydrogen (secondary N) is 1. The minimum absolute atomic E-state index is 0.884. The van der Waals surface area contributed by atoms with E-state index < -0.39 is 0 Å². The Morgan fingerprint density at radius 3 is 2.64 bits per heavy atom. The van der Waals surface area contributed by atoms with E-state index in [1.807, 2.05) is 0 Å². The zero-order valence-electron chi connectivity index (χ0n) is 7.56. The summed E-state index contributed by atoms with van der Waals surface area (Å²) in [7, 11) is 4.15. The fraction of sp³-hybridized carbons (Fsp3) is 0.778. The van der Waals surface area contributed by atoms with Crippen LogP contribution in [0.25, 0.3) is 0 Å². The maximum atomic E-state index is 5.11. The summed E-state index contributed by atoms with van der Waals surface area (Å²) in [6.07, 6.45) is 7.08. The highest BCUT2D eigenvalue weighted by molar-refractivity contribution is 4.83. The van der Waals surface area contributed by atoms with Crippen LogP contribution in [0, 0.1) is 12.3 Å². The van der Waals surface area contributed by atoms with Crippen molar-refractivity contribution < 1.29 is 0 Å². The molecule has 1 N–H and O–H groups in total. The standard InChI is InChI=1S/C9H18N2/c1-4-5-6-7-10-8-9-11(2)3/h1,10H,5-9H2,2-3H3. The van der Waals surface area contributed by atoms with Crippen LogP contribution in [0.5, 0.6) is 0 Å². The Morgan fingerprint density at radius 2 is 2.09 bits per heavy atom. The van der Waals surface area contributed by atoms with Crippen LogP contribution in [0.2, 0.25) is 0 Å². The van der Waals surface area contributed by atoms with Gasteiger partial charge in [0.2, 0.25) is 0 Å². The zero-order chi connectivity index (χ0) is 8.53. The van der Waals surface area contributed by atoms with Gasteiger partial charge in [0.25, 0.3) is 0 Å². The summed E-state index contributed by atoms with van der Waals surface area (Å²) in [4.78, 5) is 2.16. The van der Waals surface area contributed by atoms with Crippen molar-refractivity contribution in [2.75, 3.05) is 33.7 Å². The van der Waals surface area contributed by atoms with Crippen molar-refractivity contribution in [3.05, 3.63) is 0 Å². The smallest absolute Gasteiger partial charge is 0.0101 e.